The molecule has 67 heavy (non-hydrogen) atoms. The van der Waals surface area contributed by atoms with Gasteiger partial charge in [-0.1, -0.05) is 60.7 Å². The molecule has 2 aromatic rings. The van der Waals surface area contributed by atoms with E-state index < -0.39 is 153 Å². The number of amides is 4. The highest BCUT2D eigenvalue weighted by atomic mass is 16.6. The molecule has 0 N–H and O–H groups in total. The summed E-state index contributed by atoms with van der Waals surface area (Å²) < 4.78 is 37.4. The van der Waals surface area contributed by atoms with Crippen LogP contribution in [0.1, 0.15) is 30.4 Å². The van der Waals surface area contributed by atoms with E-state index >= 15 is 19.2 Å². The average molecular weight is 915 g/mol. The fourth-order valence-electron chi connectivity index (χ4n) is 19.9. The lowest BCUT2D eigenvalue weighted by atomic mass is 9.41. The molecule has 6 saturated carbocycles. The predicted molar refractivity (Wildman–Crippen MR) is 222 cm³/mol. The number of methoxy groups -OCH3 is 4. The van der Waals surface area contributed by atoms with Crippen molar-refractivity contribution in [2.75, 3.05) is 28.4 Å². The number of carbonyl (C=O) groups excluding carboxylic acids is 8. The van der Waals surface area contributed by atoms with Gasteiger partial charge in [-0.05, 0) is 65.9 Å². The standard InChI is InChI=1S/C51H50N2O14/c1-62-44(58)48-32-22-15-23(29-28(22)40(54)52(41(29)55)18-20-11-7-5-8-12-20)33(32)49(66-48,45(59)63-2)37-27-17-26(36(37)48)38-39(27)51(47(61)65-4)35-25-16-24(34(35)50(38,67-51)46(60)64-3)30-31(25)43(57)53(42(30)56)19-21-13-9-6-10-14-21/h5-14,22-39H,15-19H2,1-4H3/t22-,23+,24+,25-,26?,27?,28-,29+,30+,31-,32+,33-,34-,35+,36-,37+,38+,39-,48-,49+,50+,51-. The molecule has 14 rings (SSSR count). The summed E-state index contributed by atoms with van der Waals surface area (Å²) in [6, 6.07) is 18.6. The van der Waals surface area contributed by atoms with E-state index in [4.69, 9.17) is 28.4 Å². The van der Waals surface area contributed by atoms with Gasteiger partial charge in [-0.3, -0.25) is 29.0 Å². The fourth-order valence-corrected chi connectivity index (χ4v) is 19.9. The molecule has 6 aliphatic heterocycles. The van der Waals surface area contributed by atoms with E-state index in [1.807, 2.05) is 60.7 Å². The average Bonchev–Trinajstić information content (AvgIpc) is 4.22. The molecule has 12 aliphatic rings. The molecule has 2 aromatic carbocycles. The van der Waals surface area contributed by atoms with Gasteiger partial charge >= 0.3 is 23.9 Å². The van der Waals surface area contributed by atoms with Gasteiger partial charge in [0.2, 0.25) is 23.6 Å². The third-order valence-corrected chi connectivity index (χ3v) is 20.7. The normalized spacial score (nSPS) is 49.6. The Bertz CT molecular complexity index is 2370. The number of fused-ring (bicyclic) bond motifs is 36. The summed E-state index contributed by atoms with van der Waals surface area (Å²) in [5.41, 5.74) is -5.55. The first-order valence-electron chi connectivity index (χ1n) is 23.9. The van der Waals surface area contributed by atoms with Crippen LogP contribution in [0.5, 0.6) is 0 Å². The Morgan fingerprint density at radius 1 is 0.433 bits per heavy atom. The Morgan fingerprint density at radius 3 is 0.925 bits per heavy atom. The number of hydrogen-bond donors (Lipinski definition) is 0. The number of likely N-dealkylation sites (tertiary alicyclic amines) is 2. The topological polar surface area (TPSA) is 198 Å². The Morgan fingerprint density at radius 2 is 0.672 bits per heavy atom. The number of benzene rings is 2. The van der Waals surface area contributed by atoms with Crippen molar-refractivity contribution in [2.45, 2.75) is 54.8 Å². The number of carbonyl (C=O) groups is 8. The van der Waals surface area contributed by atoms with Crippen LogP contribution < -0.4 is 0 Å². The van der Waals surface area contributed by atoms with Crippen molar-refractivity contribution in [2.24, 2.45) is 107 Å². The van der Waals surface area contributed by atoms with Gasteiger partial charge in [0.25, 0.3) is 0 Å². The molecule has 6 saturated heterocycles. The van der Waals surface area contributed by atoms with E-state index in [1.54, 1.807) is 0 Å². The molecule has 4 amide bonds. The van der Waals surface area contributed by atoms with Crippen molar-refractivity contribution in [1.82, 2.24) is 9.80 Å². The van der Waals surface area contributed by atoms with Crippen LogP contribution in [-0.4, -0.2) is 108 Å². The molecular formula is C51H50N2O14. The lowest BCUT2D eigenvalue weighted by Gasteiger charge is -2.57. The molecule has 6 aliphatic carbocycles. The molecule has 16 nitrogen and oxygen atoms in total. The first kappa shape index (κ1) is 40.6. The molecule has 22 atom stereocenters. The molecule has 0 radical (unpaired) electrons. The SMILES string of the molecule is COC(=O)[C@@]12O[C@@](C(=O)OC)([C@@H]3[C@H]4C[C@H]([C@H]5C(=O)N(Cc6ccccc6)C(=O)[C@@H]45)[C@@H]31)[C@H]1C3CC([C@H]12)[C@H]1[C@@H]3[C@]2(C(=O)OC)O[C@@]1(C(=O)OC)[C@@H]1[C@H]3C[C@H]([C@H]4C(=O)N(Cc5ccccc5)C(=O)[C@@H]34)[C@@H]12. The quantitative estimate of drug-likeness (QED) is 0.212. The summed E-state index contributed by atoms with van der Waals surface area (Å²) in [6.07, 6.45) is 1.23. The molecule has 0 aromatic heterocycles. The molecule has 6 heterocycles. The highest BCUT2D eigenvalue weighted by Crippen LogP contribution is 2.88. The van der Waals surface area contributed by atoms with Crippen molar-refractivity contribution in [3.05, 3.63) is 71.8 Å². The van der Waals surface area contributed by atoms with E-state index in [-0.39, 0.29) is 36.7 Å². The summed E-state index contributed by atoms with van der Waals surface area (Å²) in [7, 11) is 5.11. The van der Waals surface area contributed by atoms with Gasteiger partial charge in [-0.2, -0.15) is 0 Å². The van der Waals surface area contributed by atoms with Crippen LogP contribution in [0, 0.1) is 107 Å². The molecule has 16 heteroatoms. The smallest absolute Gasteiger partial charge is 0.338 e. The van der Waals surface area contributed by atoms with Crippen LogP contribution in [0.3, 0.4) is 0 Å². The summed E-state index contributed by atoms with van der Waals surface area (Å²) in [4.78, 5) is 121. The van der Waals surface area contributed by atoms with Gasteiger partial charge < -0.3 is 28.4 Å². The van der Waals surface area contributed by atoms with E-state index in [9.17, 15) is 19.2 Å². The summed E-state index contributed by atoms with van der Waals surface area (Å²) >= 11 is 0. The fraction of sp³-hybridized carbons (Fsp3) is 0.608. The molecular weight excluding hydrogens is 865 g/mol. The number of hydrogen-bond acceptors (Lipinski definition) is 14. The van der Waals surface area contributed by atoms with E-state index in [1.165, 1.54) is 38.2 Å². The largest absolute Gasteiger partial charge is 0.467 e. The first-order chi connectivity index (χ1) is 32.3. The highest BCUT2D eigenvalue weighted by Gasteiger charge is 2.98. The highest BCUT2D eigenvalue weighted by molar-refractivity contribution is 6.07. The van der Waals surface area contributed by atoms with Crippen molar-refractivity contribution in [3.8, 4) is 0 Å². The monoisotopic (exact) mass is 914 g/mol. The van der Waals surface area contributed by atoms with Crippen LogP contribution in [-0.2, 0) is 79.9 Å². The summed E-state index contributed by atoms with van der Waals surface area (Å²) in [5.74, 6) is -16.0. The Labute approximate surface area is 384 Å². The summed E-state index contributed by atoms with van der Waals surface area (Å²) in [5, 5.41) is 0. The molecule has 12 fully saturated rings. The summed E-state index contributed by atoms with van der Waals surface area (Å²) in [6.45, 7) is 0.193. The third kappa shape index (κ3) is 4.04. The van der Waals surface area contributed by atoms with E-state index in [0.717, 1.165) is 11.1 Å². The molecule has 2 unspecified atom stereocenters. The van der Waals surface area contributed by atoms with Crippen LogP contribution in [0.4, 0.5) is 0 Å². The Kier molecular flexibility index (Phi) is 7.74. The molecule has 0 spiro atoms. The second-order valence-corrected chi connectivity index (χ2v) is 21.8. The van der Waals surface area contributed by atoms with Crippen molar-refractivity contribution in [1.29, 1.82) is 0 Å². The lowest BCUT2D eigenvalue weighted by Crippen LogP contribution is -2.69. The Balaban J connectivity index is 0.911. The van der Waals surface area contributed by atoms with E-state index in [0.29, 0.717) is 19.3 Å². The maximum absolute atomic E-state index is 15.1. The minimum absolute atomic E-state index is 0.0966. The van der Waals surface area contributed by atoms with Crippen LogP contribution in [0.2, 0.25) is 0 Å². The minimum Gasteiger partial charge on any atom is -0.467 e. The van der Waals surface area contributed by atoms with Crippen LogP contribution >= 0.6 is 0 Å². The van der Waals surface area contributed by atoms with E-state index in [2.05, 4.69) is 0 Å². The maximum atomic E-state index is 15.1. The second kappa shape index (κ2) is 12.8. The van der Waals surface area contributed by atoms with Gasteiger partial charge in [0.15, 0.2) is 22.4 Å². The maximum Gasteiger partial charge on any atom is 0.338 e. The molecule has 10 bridgehead atoms. The van der Waals surface area contributed by atoms with Crippen LogP contribution in [0.25, 0.3) is 0 Å². The number of nitrogens with zero attached hydrogens (tertiary/aromatic N) is 2. The lowest BCUT2D eigenvalue weighted by molar-refractivity contribution is -0.193. The predicted octanol–water partition coefficient (Wildman–Crippen LogP) is 2.20. The second-order valence-electron chi connectivity index (χ2n) is 21.8. The van der Waals surface area contributed by atoms with Crippen molar-refractivity contribution >= 4 is 47.5 Å². The number of esters is 4. The first-order valence-corrected chi connectivity index (χ1v) is 23.9. The van der Waals surface area contributed by atoms with Gasteiger partial charge in [0.1, 0.15) is 0 Å². The van der Waals surface area contributed by atoms with Crippen molar-refractivity contribution in [3.63, 3.8) is 0 Å². The van der Waals surface area contributed by atoms with Crippen LogP contribution in [0.15, 0.2) is 60.7 Å². The zero-order chi connectivity index (χ0) is 46.2. The van der Waals surface area contributed by atoms with Gasteiger partial charge in [-0.15, -0.1) is 0 Å². The minimum atomic E-state index is -1.79. The van der Waals surface area contributed by atoms with Gasteiger partial charge in [0.05, 0.1) is 65.2 Å². The van der Waals surface area contributed by atoms with Gasteiger partial charge in [0, 0.05) is 47.3 Å². The zero-order valence-electron chi connectivity index (χ0n) is 37.3. The molecule has 348 valence electrons. The number of imide groups is 2. The van der Waals surface area contributed by atoms with Gasteiger partial charge in [-0.25, -0.2) is 19.2 Å². The van der Waals surface area contributed by atoms with Crippen molar-refractivity contribution < 1.29 is 66.8 Å². The number of rotatable bonds is 8. The third-order valence-electron chi connectivity index (χ3n) is 20.7. The zero-order valence-corrected chi connectivity index (χ0v) is 37.3. The Hall–Kier alpha value is -5.48. The number of ether oxygens (including phenoxy) is 6.